The third-order valence-electron chi connectivity index (χ3n) is 4.00. The number of aromatic carboxylic acids is 2. The van der Waals surface area contributed by atoms with Gasteiger partial charge < -0.3 is 21.2 Å². The Labute approximate surface area is 156 Å². The Hall–Kier alpha value is -4.28. The quantitative estimate of drug-likeness (QED) is 0.213. The number of nitrogens with zero attached hydrogens (tertiary/aromatic N) is 4. The molecule has 2 aromatic heterocycles. The highest BCUT2D eigenvalue weighted by atomic mass is 16.4. The van der Waals surface area contributed by atoms with E-state index in [1.54, 1.807) is 0 Å². The van der Waals surface area contributed by atoms with Crippen LogP contribution in [-0.4, -0.2) is 54.0 Å². The van der Waals surface area contributed by atoms with Crippen LogP contribution < -0.4 is 5.84 Å². The summed E-state index contributed by atoms with van der Waals surface area (Å²) < 4.78 is 1.19. The highest BCUT2D eigenvalue weighted by Crippen LogP contribution is 2.29. The lowest BCUT2D eigenvalue weighted by Gasteiger charge is -2.05. The highest BCUT2D eigenvalue weighted by molar-refractivity contribution is 6.39. The zero-order chi connectivity index (χ0) is 20.6. The van der Waals surface area contributed by atoms with Crippen LogP contribution in [0, 0.1) is 6.92 Å². The van der Waals surface area contributed by atoms with E-state index >= 15 is 0 Å². The Morgan fingerprint density at radius 3 is 2.29 bits per heavy atom. The number of carbonyl (C=O) groups excluding carboxylic acids is 1. The van der Waals surface area contributed by atoms with Gasteiger partial charge in [0.1, 0.15) is 11.5 Å². The van der Waals surface area contributed by atoms with Crippen molar-refractivity contribution in [1.82, 2.24) is 14.8 Å². The van der Waals surface area contributed by atoms with E-state index in [1.807, 2.05) is 0 Å². The second kappa shape index (κ2) is 6.79. The maximum Gasteiger partial charge on any atom is 0.335 e. The molecule has 11 nitrogen and oxygen atoms in total. The average molecular weight is 383 g/mol. The number of carboxylic acids is 2. The van der Waals surface area contributed by atoms with Crippen molar-refractivity contribution >= 4 is 35.0 Å². The molecule has 0 radical (unpaired) electrons. The number of nitrogens with two attached hydrogens (primary N) is 1. The molecule has 1 aromatic carbocycles. The van der Waals surface area contributed by atoms with Gasteiger partial charge in [-0.15, -0.1) is 5.10 Å². The van der Waals surface area contributed by atoms with E-state index < -0.39 is 11.9 Å². The summed E-state index contributed by atoms with van der Waals surface area (Å²) in [5, 5.41) is 36.5. The maximum absolute atomic E-state index is 11.3. The molecule has 28 heavy (non-hydrogen) atoms. The zero-order valence-corrected chi connectivity index (χ0v) is 14.3. The molecule has 0 amide bonds. The Balaban J connectivity index is 2.32. The van der Waals surface area contributed by atoms with Gasteiger partial charge in [0.25, 0.3) is 0 Å². The molecule has 0 aliphatic carbocycles. The summed E-state index contributed by atoms with van der Waals surface area (Å²) in [6.07, 6.45) is 1.72. The van der Waals surface area contributed by atoms with E-state index in [9.17, 15) is 29.7 Å². The molecule has 0 aliphatic heterocycles. The summed E-state index contributed by atoms with van der Waals surface area (Å²) in [5.74, 6) is 2.28. The Morgan fingerprint density at radius 2 is 1.79 bits per heavy atom. The highest BCUT2D eigenvalue weighted by Gasteiger charge is 2.20. The maximum atomic E-state index is 11.3. The summed E-state index contributed by atoms with van der Waals surface area (Å²) in [6, 6.07) is 3.47. The number of fused-ring (bicyclic) bond motifs is 1. The van der Waals surface area contributed by atoms with Crippen LogP contribution in [0.1, 0.15) is 32.0 Å². The first-order valence-electron chi connectivity index (χ1n) is 7.71. The first-order chi connectivity index (χ1) is 13.3. The number of benzene rings is 1. The van der Waals surface area contributed by atoms with Gasteiger partial charge >= 0.3 is 11.9 Å². The number of pyridine rings is 1. The largest absolute Gasteiger partial charge is 0.505 e. The molecule has 0 unspecified atom stereocenters. The fourth-order valence-electron chi connectivity index (χ4n) is 2.68. The smallest absolute Gasteiger partial charge is 0.335 e. The Kier molecular flexibility index (Phi) is 4.49. The van der Waals surface area contributed by atoms with Crippen molar-refractivity contribution in [3.8, 4) is 11.4 Å². The van der Waals surface area contributed by atoms with Crippen molar-refractivity contribution in [3.05, 3.63) is 46.8 Å². The van der Waals surface area contributed by atoms with Crippen molar-refractivity contribution in [1.29, 1.82) is 0 Å². The molecule has 0 atom stereocenters. The van der Waals surface area contributed by atoms with Gasteiger partial charge in [-0.25, -0.2) is 19.3 Å². The van der Waals surface area contributed by atoms with E-state index in [-0.39, 0.29) is 50.6 Å². The zero-order valence-electron chi connectivity index (χ0n) is 14.3. The summed E-state index contributed by atoms with van der Waals surface area (Å²) in [7, 11) is 0. The van der Waals surface area contributed by atoms with Crippen LogP contribution in [0.15, 0.2) is 29.5 Å². The number of hydrogen-bond acceptors (Lipinski definition) is 8. The van der Waals surface area contributed by atoms with E-state index in [0.29, 0.717) is 6.29 Å². The van der Waals surface area contributed by atoms with Gasteiger partial charge in [-0.3, -0.25) is 4.79 Å². The number of aromatic hydroxyl groups is 1. The number of hydrazone groups is 1. The van der Waals surface area contributed by atoms with Crippen LogP contribution in [0.25, 0.3) is 16.7 Å². The third kappa shape index (κ3) is 3.00. The molecule has 0 aliphatic rings. The number of rotatable bonds is 5. The Bertz CT molecular complexity index is 1150. The molecule has 3 rings (SSSR count). The summed E-state index contributed by atoms with van der Waals surface area (Å²) in [4.78, 5) is 38.0. The van der Waals surface area contributed by atoms with Crippen LogP contribution in [-0.2, 0) is 4.79 Å². The Morgan fingerprint density at radius 1 is 1.18 bits per heavy atom. The number of carbonyl (C=O) groups is 3. The molecule has 0 spiro atoms. The fraction of sp³-hybridized carbons (Fsp3) is 0.0588. The van der Waals surface area contributed by atoms with Gasteiger partial charge in [0.05, 0.1) is 33.5 Å². The molecule has 11 heteroatoms. The first kappa shape index (κ1) is 18.5. The lowest BCUT2D eigenvalue weighted by Crippen LogP contribution is -2.08. The summed E-state index contributed by atoms with van der Waals surface area (Å²) in [5.41, 5.74) is -0.308. The van der Waals surface area contributed by atoms with Gasteiger partial charge in [0.2, 0.25) is 0 Å². The number of aromatic nitrogens is 3. The standard InChI is InChI=1S/C17H13N5O6/c1-7-14(24)13(12(6-23)20-18)11-5-22(21-15(11)19-7)10-3-8(16(25)26)2-9(4-10)17(27)28/h2-6,24H,18H2,1H3,(H,25,26)(H,27,28). The van der Waals surface area contributed by atoms with Gasteiger partial charge in [-0.2, -0.15) is 5.10 Å². The van der Waals surface area contributed by atoms with Crippen molar-refractivity contribution < 1.29 is 29.7 Å². The predicted octanol–water partition coefficient (Wildman–Crippen LogP) is 0.693. The lowest BCUT2D eigenvalue weighted by atomic mass is 10.1. The molecular formula is C17H13N5O6. The summed E-state index contributed by atoms with van der Waals surface area (Å²) >= 11 is 0. The second-order valence-corrected chi connectivity index (χ2v) is 5.74. The minimum Gasteiger partial charge on any atom is -0.505 e. The molecule has 0 bridgehead atoms. The van der Waals surface area contributed by atoms with Crippen LogP contribution in [0.4, 0.5) is 0 Å². The number of carboxylic acid groups (broad SMARTS) is 2. The molecule has 5 N–H and O–H groups in total. The number of aldehydes is 1. The van der Waals surface area contributed by atoms with E-state index in [0.717, 1.165) is 6.07 Å². The van der Waals surface area contributed by atoms with Crippen molar-refractivity contribution in [2.45, 2.75) is 6.92 Å². The van der Waals surface area contributed by atoms with Crippen LogP contribution in [0.2, 0.25) is 0 Å². The fourth-order valence-corrected chi connectivity index (χ4v) is 2.68. The minimum absolute atomic E-state index is 0.0131. The topological polar surface area (TPSA) is 181 Å². The molecule has 142 valence electrons. The average Bonchev–Trinajstić information content (AvgIpc) is 3.08. The predicted molar refractivity (Wildman–Crippen MR) is 96.0 cm³/mol. The molecule has 3 aromatic rings. The molecule has 2 heterocycles. The van der Waals surface area contributed by atoms with Gasteiger partial charge in [-0.1, -0.05) is 0 Å². The monoisotopic (exact) mass is 383 g/mol. The van der Waals surface area contributed by atoms with Gasteiger partial charge in [-0.05, 0) is 25.1 Å². The van der Waals surface area contributed by atoms with Gasteiger partial charge in [0.15, 0.2) is 11.9 Å². The van der Waals surface area contributed by atoms with E-state index in [1.165, 1.54) is 29.9 Å². The van der Waals surface area contributed by atoms with Gasteiger partial charge in [0, 0.05) is 6.20 Å². The lowest BCUT2D eigenvalue weighted by molar-refractivity contribution is -0.102. The second-order valence-electron chi connectivity index (χ2n) is 5.74. The van der Waals surface area contributed by atoms with Crippen LogP contribution >= 0.6 is 0 Å². The minimum atomic E-state index is -1.31. The number of aryl methyl sites for hydroxylation is 1. The SMILES string of the molecule is Cc1nc2nn(-c3cc(C(=O)O)cc(C(=O)O)c3)cc2c(C(C=O)=NN)c1O. The van der Waals surface area contributed by atoms with E-state index in [4.69, 9.17) is 5.84 Å². The molecule has 0 fully saturated rings. The third-order valence-corrected chi connectivity index (χ3v) is 4.00. The van der Waals surface area contributed by atoms with E-state index in [2.05, 4.69) is 15.2 Å². The summed E-state index contributed by atoms with van der Waals surface area (Å²) in [6.45, 7) is 1.49. The molecular weight excluding hydrogens is 370 g/mol. The van der Waals surface area contributed by atoms with Crippen molar-refractivity contribution in [2.75, 3.05) is 0 Å². The van der Waals surface area contributed by atoms with Crippen LogP contribution in [0.3, 0.4) is 0 Å². The molecule has 0 saturated carbocycles. The van der Waals surface area contributed by atoms with Crippen LogP contribution in [0.5, 0.6) is 5.75 Å². The van der Waals surface area contributed by atoms with Crippen molar-refractivity contribution in [2.24, 2.45) is 10.9 Å². The molecule has 0 saturated heterocycles. The first-order valence-corrected chi connectivity index (χ1v) is 7.71. The van der Waals surface area contributed by atoms with Crippen molar-refractivity contribution in [3.63, 3.8) is 0 Å². The normalized spacial score (nSPS) is 11.5. The number of hydrogen-bond donors (Lipinski definition) is 4.